The van der Waals surface area contributed by atoms with Gasteiger partial charge in [0.05, 0.1) is 10.7 Å². The lowest BCUT2D eigenvalue weighted by atomic mass is 10.5. The smallest absolute Gasteiger partial charge is 0.212 e. The standard InChI is InChI=1S/C6H8N2O2S/c1-5-8-6(3-11-5)2-10-4-7-9/h3-4,9H,2H2,1H3. The molecule has 1 heterocycles. The molecule has 0 aromatic carbocycles. The second-order valence-electron chi connectivity index (χ2n) is 1.89. The zero-order valence-corrected chi connectivity index (χ0v) is 6.84. The summed E-state index contributed by atoms with van der Waals surface area (Å²) in [6, 6.07) is 0. The van der Waals surface area contributed by atoms with Crippen molar-refractivity contribution in [1.29, 1.82) is 0 Å². The minimum absolute atomic E-state index is 0.356. The van der Waals surface area contributed by atoms with Crippen molar-refractivity contribution in [3.05, 3.63) is 16.1 Å². The van der Waals surface area contributed by atoms with Crippen LogP contribution in [-0.4, -0.2) is 16.6 Å². The fourth-order valence-electron chi connectivity index (χ4n) is 0.631. The van der Waals surface area contributed by atoms with Crippen molar-refractivity contribution < 1.29 is 9.94 Å². The summed E-state index contributed by atoms with van der Waals surface area (Å²) in [6.45, 7) is 2.28. The molecular weight excluding hydrogens is 164 g/mol. The van der Waals surface area contributed by atoms with Gasteiger partial charge >= 0.3 is 0 Å². The summed E-state index contributed by atoms with van der Waals surface area (Å²) < 4.78 is 4.78. The number of nitrogens with zero attached hydrogens (tertiary/aromatic N) is 2. The molecule has 0 fully saturated rings. The average molecular weight is 172 g/mol. The Morgan fingerprint density at radius 1 is 1.91 bits per heavy atom. The summed E-state index contributed by atoms with van der Waals surface area (Å²) >= 11 is 1.56. The van der Waals surface area contributed by atoms with Gasteiger partial charge in [-0.1, -0.05) is 5.16 Å². The Balaban J connectivity index is 2.38. The Morgan fingerprint density at radius 3 is 3.27 bits per heavy atom. The van der Waals surface area contributed by atoms with Gasteiger partial charge in [-0.05, 0) is 6.92 Å². The lowest BCUT2D eigenvalue weighted by Gasteiger charge is -1.92. The second-order valence-corrected chi connectivity index (χ2v) is 2.95. The summed E-state index contributed by atoms with van der Waals surface area (Å²) in [5, 5.41) is 13.6. The first-order valence-electron chi connectivity index (χ1n) is 3.01. The van der Waals surface area contributed by atoms with Crippen LogP contribution in [0.5, 0.6) is 0 Å². The van der Waals surface area contributed by atoms with E-state index >= 15 is 0 Å². The normalized spacial score (nSPS) is 10.6. The van der Waals surface area contributed by atoms with Gasteiger partial charge < -0.3 is 9.94 Å². The van der Waals surface area contributed by atoms with E-state index in [9.17, 15) is 0 Å². The van der Waals surface area contributed by atoms with Crippen LogP contribution in [0.4, 0.5) is 0 Å². The van der Waals surface area contributed by atoms with Gasteiger partial charge in [0.15, 0.2) is 0 Å². The molecule has 4 nitrogen and oxygen atoms in total. The highest BCUT2D eigenvalue weighted by Gasteiger charge is 1.95. The van der Waals surface area contributed by atoms with Crippen LogP contribution in [0.15, 0.2) is 10.5 Å². The molecule has 0 amide bonds. The number of rotatable bonds is 3. The van der Waals surface area contributed by atoms with E-state index in [2.05, 4.69) is 10.1 Å². The molecular formula is C6H8N2O2S. The predicted molar refractivity (Wildman–Crippen MR) is 41.9 cm³/mol. The first-order chi connectivity index (χ1) is 5.33. The lowest BCUT2D eigenvalue weighted by Crippen LogP contribution is -1.90. The molecule has 60 valence electrons. The van der Waals surface area contributed by atoms with Crippen LogP contribution in [-0.2, 0) is 11.3 Å². The molecule has 0 spiro atoms. The first kappa shape index (κ1) is 8.00. The summed E-state index contributed by atoms with van der Waals surface area (Å²) in [5.74, 6) is 0. The predicted octanol–water partition coefficient (Wildman–Crippen LogP) is 1.39. The number of ether oxygens (including phenoxy) is 1. The average Bonchev–Trinajstić information content (AvgIpc) is 2.37. The molecule has 0 unspecified atom stereocenters. The van der Waals surface area contributed by atoms with Crippen LogP contribution in [0, 0.1) is 6.92 Å². The number of thiazole rings is 1. The Bertz CT molecular complexity index is 246. The number of hydrogen-bond donors (Lipinski definition) is 1. The van der Waals surface area contributed by atoms with Gasteiger partial charge in [0.2, 0.25) is 6.40 Å². The molecule has 0 bridgehead atoms. The minimum atomic E-state index is 0.356. The topological polar surface area (TPSA) is 54.7 Å². The number of aryl methyl sites for hydroxylation is 1. The maximum atomic E-state index is 7.98. The molecule has 1 aromatic rings. The van der Waals surface area contributed by atoms with Crippen LogP contribution in [0.3, 0.4) is 0 Å². The van der Waals surface area contributed by atoms with Crippen LogP contribution in [0.1, 0.15) is 10.7 Å². The highest BCUT2D eigenvalue weighted by Crippen LogP contribution is 2.07. The first-order valence-corrected chi connectivity index (χ1v) is 3.89. The van der Waals surface area contributed by atoms with Crippen molar-refractivity contribution in [2.75, 3.05) is 0 Å². The quantitative estimate of drug-likeness (QED) is 0.324. The van der Waals surface area contributed by atoms with E-state index in [-0.39, 0.29) is 0 Å². The van der Waals surface area contributed by atoms with E-state index in [1.54, 1.807) is 11.3 Å². The van der Waals surface area contributed by atoms with Crippen molar-refractivity contribution in [1.82, 2.24) is 4.98 Å². The summed E-state index contributed by atoms with van der Waals surface area (Å²) in [7, 11) is 0. The molecule has 0 saturated heterocycles. The highest BCUT2D eigenvalue weighted by atomic mass is 32.1. The molecule has 11 heavy (non-hydrogen) atoms. The number of oxime groups is 1. The Labute approximate surface area is 68.1 Å². The van der Waals surface area contributed by atoms with Crippen molar-refractivity contribution in [2.24, 2.45) is 5.16 Å². The van der Waals surface area contributed by atoms with E-state index in [1.807, 2.05) is 12.3 Å². The largest absolute Gasteiger partial charge is 0.474 e. The Morgan fingerprint density at radius 2 is 2.73 bits per heavy atom. The third-order valence-electron chi connectivity index (χ3n) is 1.02. The van der Waals surface area contributed by atoms with E-state index in [0.29, 0.717) is 6.61 Å². The fraction of sp³-hybridized carbons (Fsp3) is 0.333. The summed E-state index contributed by atoms with van der Waals surface area (Å²) in [4.78, 5) is 4.13. The van der Waals surface area contributed by atoms with Crippen LogP contribution < -0.4 is 0 Å². The van der Waals surface area contributed by atoms with E-state index in [4.69, 9.17) is 9.94 Å². The maximum absolute atomic E-state index is 7.98. The van der Waals surface area contributed by atoms with Gasteiger partial charge in [-0.25, -0.2) is 4.98 Å². The molecule has 0 aliphatic carbocycles. The van der Waals surface area contributed by atoms with Gasteiger partial charge in [-0.15, -0.1) is 11.3 Å². The van der Waals surface area contributed by atoms with Crippen molar-refractivity contribution in [3.63, 3.8) is 0 Å². The monoisotopic (exact) mass is 172 g/mol. The summed E-state index contributed by atoms with van der Waals surface area (Å²) in [5.41, 5.74) is 0.854. The van der Waals surface area contributed by atoms with Crippen molar-refractivity contribution >= 4 is 17.7 Å². The van der Waals surface area contributed by atoms with Gasteiger partial charge in [0, 0.05) is 5.38 Å². The fourth-order valence-corrected chi connectivity index (χ4v) is 1.23. The number of aromatic nitrogens is 1. The van der Waals surface area contributed by atoms with Crippen molar-refractivity contribution in [3.8, 4) is 0 Å². The van der Waals surface area contributed by atoms with E-state index in [0.717, 1.165) is 17.1 Å². The molecule has 0 atom stereocenters. The van der Waals surface area contributed by atoms with Crippen LogP contribution >= 0.6 is 11.3 Å². The molecule has 5 heteroatoms. The summed E-state index contributed by atoms with van der Waals surface area (Å²) in [6.07, 6.45) is 0.981. The zero-order chi connectivity index (χ0) is 8.10. The Kier molecular flexibility index (Phi) is 2.85. The lowest BCUT2D eigenvalue weighted by molar-refractivity contribution is 0.259. The van der Waals surface area contributed by atoms with Gasteiger partial charge in [0.25, 0.3) is 0 Å². The third kappa shape index (κ3) is 2.55. The Hall–Kier alpha value is -1.10. The molecule has 1 N–H and O–H groups in total. The third-order valence-corrected chi connectivity index (χ3v) is 1.84. The highest BCUT2D eigenvalue weighted by molar-refractivity contribution is 7.09. The van der Waals surface area contributed by atoms with Crippen LogP contribution in [0.2, 0.25) is 0 Å². The molecule has 1 rings (SSSR count). The van der Waals surface area contributed by atoms with Gasteiger partial charge in [0.1, 0.15) is 6.61 Å². The molecule has 0 aliphatic rings. The molecule has 0 radical (unpaired) electrons. The minimum Gasteiger partial charge on any atom is -0.474 e. The SMILES string of the molecule is Cc1nc(COC=NO)cs1. The zero-order valence-electron chi connectivity index (χ0n) is 6.02. The maximum Gasteiger partial charge on any atom is 0.212 e. The van der Waals surface area contributed by atoms with E-state index in [1.165, 1.54) is 0 Å². The van der Waals surface area contributed by atoms with E-state index < -0.39 is 0 Å². The molecule has 0 aliphatic heterocycles. The van der Waals surface area contributed by atoms with Crippen molar-refractivity contribution in [2.45, 2.75) is 13.5 Å². The molecule has 0 saturated carbocycles. The van der Waals surface area contributed by atoms with Crippen LogP contribution in [0.25, 0.3) is 0 Å². The molecule has 1 aromatic heterocycles. The van der Waals surface area contributed by atoms with Gasteiger partial charge in [-0.2, -0.15) is 0 Å². The second kappa shape index (κ2) is 3.92. The number of hydrogen-bond acceptors (Lipinski definition) is 5. The van der Waals surface area contributed by atoms with Gasteiger partial charge in [-0.3, -0.25) is 0 Å².